The summed E-state index contributed by atoms with van der Waals surface area (Å²) in [5.41, 5.74) is 3.28. The van der Waals surface area contributed by atoms with E-state index in [1.54, 1.807) is 11.0 Å². The fourth-order valence-electron chi connectivity index (χ4n) is 5.19. The maximum atomic E-state index is 15.1. The number of aryl methyl sites for hydroxylation is 1. The van der Waals surface area contributed by atoms with E-state index < -0.39 is 17.8 Å². The zero-order valence-corrected chi connectivity index (χ0v) is 19.0. The molecule has 5 rings (SSSR count). The van der Waals surface area contributed by atoms with Crippen molar-refractivity contribution in [2.24, 2.45) is 0 Å². The van der Waals surface area contributed by atoms with Gasteiger partial charge in [-0.1, -0.05) is 23.8 Å². The maximum Gasteiger partial charge on any atom is 0.255 e. The normalized spacial score (nSPS) is 21.0. The van der Waals surface area contributed by atoms with Crippen molar-refractivity contribution in [1.29, 1.82) is 0 Å². The molecule has 2 aromatic carbocycles. The number of carbonyl (C=O) groups is 4. The van der Waals surface area contributed by atoms with E-state index >= 15 is 4.39 Å². The Bertz CT molecular complexity index is 1190. The molecule has 0 bridgehead atoms. The average molecular weight is 464 g/mol. The van der Waals surface area contributed by atoms with Crippen molar-refractivity contribution in [2.75, 3.05) is 13.1 Å². The van der Waals surface area contributed by atoms with E-state index in [4.69, 9.17) is 0 Å². The summed E-state index contributed by atoms with van der Waals surface area (Å²) in [5.74, 6) is -1.70. The van der Waals surface area contributed by atoms with Crippen molar-refractivity contribution >= 4 is 23.6 Å². The van der Waals surface area contributed by atoms with Gasteiger partial charge in [0.15, 0.2) is 0 Å². The molecule has 0 spiro atoms. The third-order valence-corrected chi connectivity index (χ3v) is 7.16. The first-order valence-electron chi connectivity index (χ1n) is 11.6. The molecule has 2 saturated heterocycles. The SMILES string of the molecule is Cc1ccc(C(=O)N2CCC(c3cc4c(cc3F)C(=O)N(C3CCC(=O)NC3=O)C4)CC2)cc1. The third-order valence-electron chi connectivity index (χ3n) is 7.16. The number of carbonyl (C=O) groups excluding carboxylic acids is 4. The number of benzene rings is 2. The zero-order valence-electron chi connectivity index (χ0n) is 19.0. The minimum Gasteiger partial charge on any atom is -0.339 e. The molecule has 1 atom stereocenters. The zero-order chi connectivity index (χ0) is 24.0. The highest BCUT2D eigenvalue weighted by molar-refractivity contribution is 6.05. The van der Waals surface area contributed by atoms with Crippen molar-refractivity contribution in [3.63, 3.8) is 0 Å². The van der Waals surface area contributed by atoms with Gasteiger partial charge in [0.05, 0.1) is 0 Å². The summed E-state index contributed by atoms with van der Waals surface area (Å²) in [7, 11) is 0. The van der Waals surface area contributed by atoms with Gasteiger partial charge < -0.3 is 9.80 Å². The number of likely N-dealkylation sites (tertiary alicyclic amines) is 1. The molecule has 0 aromatic heterocycles. The van der Waals surface area contributed by atoms with Gasteiger partial charge in [0.25, 0.3) is 11.8 Å². The van der Waals surface area contributed by atoms with Gasteiger partial charge in [0, 0.05) is 37.2 Å². The topological polar surface area (TPSA) is 86.8 Å². The van der Waals surface area contributed by atoms with Crippen molar-refractivity contribution in [1.82, 2.24) is 15.1 Å². The summed E-state index contributed by atoms with van der Waals surface area (Å²) >= 11 is 0. The molecule has 0 saturated carbocycles. The molecule has 2 aromatic rings. The fourth-order valence-corrected chi connectivity index (χ4v) is 5.19. The van der Waals surface area contributed by atoms with Crippen LogP contribution in [0.1, 0.15) is 69.0 Å². The molecule has 0 aliphatic carbocycles. The molecule has 3 aliphatic rings. The lowest BCUT2D eigenvalue weighted by Crippen LogP contribution is -2.52. The van der Waals surface area contributed by atoms with E-state index in [0.29, 0.717) is 42.6 Å². The summed E-state index contributed by atoms with van der Waals surface area (Å²) in [6.45, 7) is 3.27. The number of rotatable bonds is 3. The van der Waals surface area contributed by atoms with Gasteiger partial charge in [-0.25, -0.2) is 4.39 Å². The van der Waals surface area contributed by atoms with E-state index in [2.05, 4.69) is 5.32 Å². The fraction of sp³-hybridized carbons (Fsp3) is 0.385. The number of nitrogens with one attached hydrogen (secondary N) is 1. The summed E-state index contributed by atoms with van der Waals surface area (Å²) in [6.07, 6.45) is 1.72. The van der Waals surface area contributed by atoms with Crippen LogP contribution in [0.5, 0.6) is 0 Å². The monoisotopic (exact) mass is 463 g/mol. The van der Waals surface area contributed by atoms with Crippen molar-refractivity contribution < 1.29 is 23.6 Å². The molecular formula is C26H26FN3O4. The van der Waals surface area contributed by atoms with E-state index in [0.717, 1.165) is 5.56 Å². The first-order valence-corrected chi connectivity index (χ1v) is 11.6. The Morgan fingerprint density at radius 1 is 1.03 bits per heavy atom. The van der Waals surface area contributed by atoms with Crippen LogP contribution in [0.4, 0.5) is 4.39 Å². The van der Waals surface area contributed by atoms with Crippen LogP contribution in [0.25, 0.3) is 0 Å². The molecular weight excluding hydrogens is 437 g/mol. The first-order chi connectivity index (χ1) is 16.3. The average Bonchev–Trinajstić information content (AvgIpc) is 3.14. The number of fused-ring (bicyclic) bond motifs is 1. The van der Waals surface area contributed by atoms with Crippen LogP contribution in [-0.2, 0) is 16.1 Å². The standard InChI is InChI=1S/C26H26FN3O4/c1-15-2-4-17(5-3-15)25(33)29-10-8-16(9-11-29)19-12-18-14-30(26(34)20(18)13-21(19)27)22-6-7-23(31)28-24(22)32/h2-5,12-13,16,22H,6-11,14H2,1H3,(H,28,31,32). The van der Waals surface area contributed by atoms with Gasteiger partial charge in [-0.15, -0.1) is 0 Å². The summed E-state index contributed by atoms with van der Waals surface area (Å²) < 4.78 is 15.1. The Kier molecular flexibility index (Phi) is 5.67. The van der Waals surface area contributed by atoms with Crippen LogP contribution in [0.2, 0.25) is 0 Å². The van der Waals surface area contributed by atoms with Crippen LogP contribution in [0, 0.1) is 12.7 Å². The molecule has 8 heteroatoms. The molecule has 4 amide bonds. The molecule has 3 heterocycles. The minimum absolute atomic E-state index is 0.0154. The number of piperidine rings is 2. The van der Waals surface area contributed by atoms with Gasteiger partial charge in [-0.2, -0.15) is 0 Å². The highest BCUT2D eigenvalue weighted by Gasteiger charge is 2.40. The molecule has 2 fully saturated rings. The maximum absolute atomic E-state index is 15.1. The largest absolute Gasteiger partial charge is 0.339 e. The Morgan fingerprint density at radius 3 is 2.41 bits per heavy atom. The number of nitrogens with zero attached hydrogens (tertiary/aromatic N) is 2. The second kappa shape index (κ2) is 8.66. The van der Waals surface area contributed by atoms with Crippen molar-refractivity contribution in [3.05, 3.63) is 70.0 Å². The molecule has 34 heavy (non-hydrogen) atoms. The number of imide groups is 1. The molecule has 176 valence electrons. The minimum atomic E-state index is -0.722. The number of amides is 4. The van der Waals surface area contributed by atoms with E-state index in [1.807, 2.05) is 31.2 Å². The highest BCUT2D eigenvalue weighted by atomic mass is 19.1. The Morgan fingerprint density at radius 2 is 1.74 bits per heavy atom. The van der Waals surface area contributed by atoms with Crippen LogP contribution < -0.4 is 5.32 Å². The highest BCUT2D eigenvalue weighted by Crippen LogP contribution is 2.35. The predicted molar refractivity (Wildman–Crippen MR) is 122 cm³/mol. The van der Waals surface area contributed by atoms with Crippen molar-refractivity contribution in [2.45, 2.75) is 51.1 Å². The van der Waals surface area contributed by atoms with Crippen LogP contribution in [-0.4, -0.2) is 52.6 Å². The molecule has 7 nitrogen and oxygen atoms in total. The van der Waals surface area contributed by atoms with Gasteiger partial charge in [-0.05, 0) is 61.4 Å². The number of halogens is 1. The van der Waals surface area contributed by atoms with E-state index in [9.17, 15) is 19.2 Å². The number of hydrogen-bond donors (Lipinski definition) is 1. The van der Waals surface area contributed by atoms with Crippen LogP contribution >= 0.6 is 0 Å². The second-order valence-corrected chi connectivity index (χ2v) is 9.36. The lowest BCUT2D eigenvalue weighted by atomic mass is 9.87. The third kappa shape index (κ3) is 3.97. The van der Waals surface area contributed by atoms with Crippen LogP contribution in [0.15, 0.2) is 36.4 Å². The molecule has 0 radical (unpaired) electrons. The summed E-state index contributed by atoms with van der Waals surface area (Å²) in [4.78, 5) is 52.6. The van der Waals surface area contributed by atoms with Crippen LogP contribution in [0.3, 0.4) is 0 Å². The smallest absolute Gasteiger partial charge is 0.255 e. The van der Waals surface area contributed by atoms with Crippen molar-refractivity contribution in [3.8, 4) is 0 Å². The predicted octanol–water partition coefficient (Wildman–Crippen LogP) is 2.91. The van der Waals surface area contributed by atoms with E-state index in [-0.39, 0.29) is 48.6 Å². The molecule has 3 aliphatic heterocycles. The van der Waals surface area contributed by atoms with Gasteiger partial charge >= 0.3 is 0 Å². The Labute approximate surface area is 196 Å². The first kappa shape index (κ1) is 22.3. The number of hydrogen-bond acceptors (Lipinski definition) is 4. The van der Waals surface area contributed by atoms with Gasteiger partial charge in [0.1, 0.15) is 11.9 Å². The Hall–Kier alpha value is -3.55. The summed E-state index contributed by atoms with van der Waals surface area (Å²) in [6, 6.07) is 9.79. The molecule has 1 unspecified atom stereocenters. The van der Waals surface area contributed by atoms with Gasteiger partial charge in [-0.3, -0.25) is 24.5 Å². The Balaban J connectivity index is 1.28. The van der Waals surface area contributed by atoms with Gasteiger partial charge in [0.2, 0.25) is 11.8 Å². The summed E-state index contributed by atoms with van der Waals surface area (Å²) in [5, 5.41) is 2.28. The lowest BCUT2D eigenvalue weighted by molar-refractivity contribution is -0.136. The molecule has 1 N–H and O–H groups in total. The second-order valence-electron chi connectivity index (χ2n) is 9.36. The quantitative estimate of drug-likeness (QED) is 0.710. The van der Waals surface area contributed by atoms with E-state index in [1.165, 1.54) is 11.0 Å². The lowest BCUT2D eigenvalue weighted by Gasteiger charge is -2.32.